The second-order valence-corrected chi connectivity index (χ2v) is 5.59. The fourth-order valence-electron chi connectivity index (χ4n) is 1.82. The molecule has 17 heavy (non-hydrogen) atoms. The number of hydrogen-bond donors (Lipinski definition) is 3. The number of carboxylic acids is 1. The van der Waals surface area contributed by atoms with Crippen molar-refractivity contribution in [3.05, 3.63) is 0 Å². The average Bonchev–Trinajstić information content (AvgIpc) is 2.26. The van der Waals surface area contributed by atoms with Crippen LogP contribution in [0.25, 0.3) is 0 Å². The van der Waals surface area contributed by atoms with Gasteiger partial charge in [0, 0.05) is 6.54 Å². The molecule has 1 aliphatic rings. The summed E-state index contributed by atoms with van der Waals surface area (Å²) in [6.07, 6.45) is 2.91. The summed E-state index contributed by atoms with van der Waals surface area (Å²) < 4.78 is 0. The van der Waals surface area contributed by atoms with E-state index in [9.17, 15) is 9.59 Å². The number of hydrogen-bond acceptors (Lipinski definition) is 3. The molecule has 0 aromatic carbocycles. The third-order valence-corrected chi connectivity index (χ3v) is 3.39. The monoisotopic (exact) mass is 242 g/mol. The topological polar surface area (TPSA) is 78.4 Å². The molecule has 1 saturated heterocycles. The predicted octanol–water partition coefficient (Wildman–Crippen LogP) is 0.746. The molecule has 0 saturated carbocycles. The summed E-state index contributed by atoms with van der Waals surface area (Å²) in [6, 6.07) is 0. The molecule has 0 aromatic heterocycles. The van der Waals surface area contributed by atoms with Gasteiger partial charge in [0.05, 0.1) is 11.0 Å². The van der Waals surface area contributed by atoms with Crippen molar-refractivity contribution in [1.82, 2.24) is 10.6 Å². The van der Waals surface area contributed by atoms with Crippen molar-refractivity contribution in [3.8, 4) is 0 Å². The van der Waals surface area contributed by atoms with E-state index in [1.807, 2.05) is 6.92 Å². The Morgan fingerprint density at radius 1 is 1.41 bits per heavy atom. The number of nitrogens with one attached hydrogen (secondary N) is 2. The molecule has 0 aromatic rings. The SMILES string of the molecule is CC(C)(CNC(=O)C1(C)CCCCN1)C(=O)O. The van der Waals surface area contributed by atoms with Crippen LogP contribution >= 0.6 is 0 Å². The molecule has 3 N–H and O–H groups in total. The number of carboxylic acid groups (broad SMARTS) is 1. The molecule has 1 amide bonds. The smallest absolute Gasteiger partial charge is 0.310 e. The molecule has 5 heteroatoms. The fraction of sp³-hybridized carbons (Fsp3) is 0.833. The summed E-state index contributed by atoms with van der Waals surface area (Å²) in [4.78, 5) is 22.9. The van der Waals surface area contributed by atoms with Crippen molar-refractivity contribution in [2.75, 3.05) is 13.1 Å². The fourth-order valence-corrected chi connectivity index (χ4v) is 1.82. The maximum Gasteiger partial charge on any atom is 0.310 e. The summed E-state index contributed by atoms with van der Waals surface area (Å²) in [5.41, 5.74) is -1.48. The average molecular weight is 242 g/mol. The van der Waals surface area contributed by atoms with E-state index in [-0.39, 0.29) is 12.5 Å². The lowest BCUT2D eigenvalue weighted by Crippen LogP contribution is -2.58. The highest BCUT2D eigenvalue weighted by Crippen LogP contribution is 2.20. The van der Waals surface area contributed by atoms with E-state index in [1.54, 1.807) is 13.8 Å². The van der Waals surface area contributed by atoms with Crippen molar-refractivity contribution in [3.63, 3.8) is 0 Å². The van der Waals surface area contributed by atoms with E-state index in [4.69, 9.17) is 5.11 Å². The zero-order valence-electron chi connectivity index (χ0n) is 10.8. The zero-order valence-corrected chi connectivity index (χ0v) is 10.8. The highest BCUT2D eigenvalue weighted by Gasteiger charge is 2.36. The molecule has 5 nitrogen and oxygen atoms in total. The quantitative estimate of drug-likeness (QED) is 0.679. The second-order valence-electron chi connectivity index (χ2n) is 5.59. The number of carbonyl (C=O) groups is 2. The van der Waals surface area contributed by atoms with Crippen LogP contribution in [0.3, 0.4) is 0 Å². The highest BCUT2D eigenvalue weighted by atomic mass is 16.4. The van der Waals surface area contributed by atoms with E-state index in [2.05, 4.69) is 10.6 Å². The second kappa shape index (κ2) is 5.04. The maximum absolute atomic E-state index is 12.0. The van der Waals surface area contributed by atoms with Gasteiger partial charge in [0.15, 0.2) is 0 Å². The van der Waals surface area contributed by atoms with Crippen LogP contribution in [0.4, 0.5) is 0 Å². The molecule has 0 spiro atoms. The highest BCUT2D eigenvalue weighted by molar-refractivity contribution is 5.86. The minimum Gasteiger partial charge on any atom is -0.481 e. The first-order valence-corrected chi connectivity index (χ1v) is 6.05. The molecule has 0 aliphatic carbocycles. The number of carbonyl (C=O) groups excluding carboxylic acids is 1. The largest absolute Gasteiger partial charge is 0.481 e. The molecular weight excluding hydrogens is 220 g/mol. The Labute approximate surface area is 102 Å². The van der Waals surface area contributed by atoms with Gasteiger partial charge in [0.1, 0.15) is 0 Å². The van der Waals surface area contributed by atoms with Crippen molar-refractivity contribution in [1.29, 1.82) is 0 Å². The Morgan fingerprint density at radius 2 is 2.06 bits per heavy atom. The lowest BCUT2D eigenvalue weighted by molar-refractivity contribution is -0.147. The van der Waals surface area contributed by atoms with E-state index in [0.717, 1.165) is 25.8 Å². The van der Waals surface area contributed by atoms with Crippen molar-refractivity contribution < 1.29 is 14.7 Å². The standard InChI is InChI=1S/C12H22N2O3/c1-11(2,10(16)17)8-13-9(15)12(3)6-4-5-7-14-12/h14H,4-8H2,1-3H3,(H,13,15)(H,16,17). The zero-order chi connectivity index (χ0) is 13.1. The van der Waals surface area contributed by atoms with Crippen molar-refractivity contribution >= 4 is 11.9 Å². The predicted molar refractivity (Wildman–Crippen MR) is 64.7 cm³/mol. The van der Waals surface area contributed by atoms with E-state index < -0.39 is 16.9 Å². The summed E-state index contributed by atoms with van der Waals surface area (Å²) in [5, 5.41) is 14.9. The lowest BCUT2D eigenvalue weighted by atomic mass is 9.88. The number of amides is 1. The van der Waals surface area contributed by atoms with Crippen LogP contribution in [0.1, 0.15) is 40.0 Å². The summed E-state index contributed by atoms with van der Waals surface area (Å²) in [6.45, 7) is 6.07. The summed E-state index contributed by atoms with van der Waals surface area (Å²) in [5.74, 6) is -1.01. The van der Waals surface area contributed by atoms with Gasteiger partial charge in [-0.1, -0.05) is 0 Å². The molecule has 1 heterocycles. The van der Waals surface area contributed by atoms with E-state index >= 15 is 0 Å². The normalized spacial score (nSPS) is 25.4. The van der Waals surface area contributed by atoms with Crippen LogP contribution in [0.5, 0.6) is 0 Å². The van der Waals surface area contributed by atoms with Gasteiger partial charge in [-0.3, -0.25) is 9.59 Å². The minimum atomic E-state index is -0.930. The van der Waals surface area contributed by atoms with Gasteiger partial charge in [-0.15, -0.1) is 0 Å². The molecular formula is C12H22N2O3. The molecule has 98 valence electrons. The van der Waals surface area contributed by atoms with Crippen LogP contribution in [0, 0.1) is 5.41 Å². The Kier molecular flexibility index (Phi) is 4.14. The van der Waals surface area contributed by atoms with Crippen LogP contribution in [-0.4, -0.2) is 35.6 Å². The molecule has 1 unspecified atom stereocenters. The number of piperidine rings is 1. The minimum absolute atomic E-state index is 0.105. The first kappa shape index (κ1) is 14.0. The molecule has 1 rings (SSSR count). The third-order valence-electron chi connectivity index (χ3n) is 3.39. The molecule has 0 radical (unpaired) electrons. The maximum atomic E-state index is 12.0. The molecule has 1 atom stereocenters. The number of aliphatic carboxylic acids is 1. The molecule has 0 bridgehead atoms. The van der Waals surface area contributed by atoms with Crippen LogP contribution in [0.15, 0.2) is 0 Å². The van der Waals surface area contributed by atoms with Gasteiger partial charge in [-0.2, -0.15) is 0 Å². The van der Waals surface area contributed by atoms with Gasteiger partial charge >= 0.3 is 5.97 Å². The van der Waals surface area contributed by atoms with Crippen LogP contribution in [0.2, 0.25) is 0 Å². The third kappa shape index (κ3) is 3.43. The molecule has 1 fully saturated rings. The lowest BCUT2D eigenvalue weighted by Gasteiger charge is -2.34. The Morgan fingerprint density at radius 3 is 2.53 bits per heavy atom. The number of rotatable bonds is 4. The van der Waals surface area contributed by atoms with E-state index in [0.29, 0.717) is 0 Å². The first-order chi connectivity index (χ1) is 7.78. The van der Waals surface area contributed by atoms with Gasteiger partial charge in [-0.25, -0.2) is 0 Å². The van der Waals surface area contributed by atoms with E-state index in [1.165, 1.54) is 0 Å². The Hall–Kier alpha value is -1.10. The summed E-state index contributed by atoms with van der Waals surface area (Å²) in [7, 11) is 0. The van der Waals surface area contributed by atoms with Crippen LogP contribution < -0.4 is 10.6 Å². The first-order valence-electron chi connectivity index (χ1n) is 6.05. The van der Waals surface area contributed by atoms with Crippen molar-refractivity contribution in [2.24, 2.45) is 5.41 Å². The molecule has 1 aliphatic heterocycles. The summed E-state index contributed by atoms with van der Waals surface area (Å²) >= 11 is 0. The Bertz CT molecular complexity index is 307. The Balaban J connectivity index is 2.52. The van der Waals surface area contributed by atoms with Gasteiger partial charge in [0.25, 0.3) is 0 Å². The van der Waals surface area contributed by atoms with Gasteiger partial charge in [0.2, 0.25) is 5.91 Å². The van der Waals surface area contributed by atoms with Gasteiger partial charge < -0.3 is 15.7 Å². The van der Waals surface area contributed by atoms with Crippen LogP contribution in [-0.2, 0) is 9.59 Å². The van der Waals surface area contributed by atoms with Crippen molar-refractivity contribution in [2.45, 2.75) is 45.6 Å². The van der Waals surface area contributed by atoms with Gasteiger partial charge in [-0.05, 0) is 46.6 Å².